The van der Waals surface area contributed by atoms with Crippen LogP contribution >= 0.6 is 11.3 Å². The smallest absolute Gasteiger partial charge is 0.317 e. The first-order valence-electron chi connectivity index (χ1n) is 9.43. The molecule has 0 atom stereocenters. The molecule has 8 heteroatoms. The highest BCUT2D eigenvalue weighted by atomic mass is 32.1. The van der Waals surface area contributed by atoms with Crippen molar-refractivity contribution in [3.63, 3.8) is 0 Å². The van der Waals surface area contributed by atoms with Gasteiger partial charge in [0.25, 0.3) is 5.89 Å². The van der Waals surface area contributed by atoms with Crippen LogP contribution in [-0.4, -0.2) is 40.0 Å². The van der Waals surface area contributed by atoms with Crippen molar-refractivity contribution in [2.75, 3.05) is 13.1 Å². The largest absolute Gasteiger partial charge is 0.455 e. The second kappa shape index (κ2) is 8.16. The molecule has 4 rings (SSSR count). The third-order valence-electron chi connectivity index (χ3n) is 5.32. The molecule has 0 spiro atoms. The van der Waals surface area contributed by atoms with Gasteiger partial charge in [0.2, 0.25) is 11.7 Å². The van der Waals surface area contributed by atoms with Gasteiger partial charge < -0.3 is 14.2 Å². The first-order valence-corrected chi connectivity index (χ1v) is 10.3. The molecule has 0 aliphatic carbocycles. The van der Waals surface area contributed by atoms with Crippen molar-refractivity contribution in [1.82, 2.24) is 15.0 Å². The number of amides is 1. The maximum Gasteiger partial charge on any atom is 0.317 e. The molecular formula is C21H21N3O4S. The van der Waals surface area contributed by atoms with Crippen LogP contribution in [0.25, 0.3) is 10.7 Å². The lowest BCUT2D eigenvalue weighted by atomic mass is 9.72. The second-order valence-corrected chi connectivity index (χ2v) is 7.97. The molecule has 2 aromatic heterocycles. The van der Waals surface area contributed by atoms with Gasteiger partial charge >= 0.3 is 5.97 Å². The summed E-state index contributed by atoms with van der Waals surface area (Å²) in [6, 6.07) is 13.4. The standard InChI is InChI=1S/C21H21N3O4S/c1-15(25)24-11-9-21(10-12-24,16-6-3-2-4-7-16)20(26)27-14-18-22-19(23-28-18)17-8-5-13-29-17/h2-8,13H,9-12,14H2,1H3. The molecule has 1 saturated heterocycles. The van der Waals surface area contributed by atoms with E-state index in [0.717, 1.165) is 10.4 Å². The Balaban J connectivity index is 1.50. The van der Waals surface area contributed by atoms with Crippen LogP contribution in [0.5, 0.6) is 0 Å². The van der Waals surface area contributed by atoms with E-state index in [1.54, 1.807) is 11.8 Å². The van der Waals surface area contributed by atoms with Gasteiger partial charge in [0.05, 0.1) is 10.3 Å². The maximum absolute atomic E-state index is 13.2. The Morgan fingerprint density at radius 3 is 2.59 bits per heavy atom. The quantitative estimate of drug-likeness (QED) is 0.598. The van der Waals surface area contributed by atoms with Crippen LogP contribution < -0.4 is 0 Å². The van der Waals surface area contributed by atoms with E-state index in [2.05, 4.69) is 10.1 Å². The van der Waals surface area contributed by atoms with E-state index in [1.165, 1.54) is 11.3 Å². The predicted octanol–water partition coefficient (Wildman–Crippen LogP) is 3.42. The van der Waals surface area contributed by atoms with E-state index in [4.69, 9.17) is 9.26 Å². The normalized spacial score (nSPS) is 15.8. The first-order chi connectivity index (χ1) is 14.1. The Hall–Kier alpha value is -3.00. The van der Waals surface area contributed by atoms with E-state index < -0.39 is 5.41 Å². The number of hydrogen-bond acceptors (Lipinski definition) is 7. The van der Waals surface area contributed by atoms with Crippen molar-refractivity contribution in [2.45, 2.75) is 31.8 Å². The number of benzene rings is 1. The summed E-state index contributed by atoms with van der Waals surface area (Å²) >= 11 is 1.51. The summed E-state index contributed by atoms with van der Waals surface area (Å²) < 4.78 is 10.8. The van der Waals surface area contributed by atoms with Crippen LogP contribution in [0.15, 0.2) is 52.4 Å². The molecule has 0 N–H and O–H groups in total. The molecule has 0 unspecified atom stereocenters. The zero-order valence-corrected chi connectivity index (χ0v) is 16.9. The minimum Gasteiger partial charge on any atom is -0.455 e. The van der Waals surface area contributed by atoms with E-state index in [0.29, 0.717) is 31.8 Å². The third-order valence-corrected chi connectivity index (χ3v) is 6.18. The van der Waals surface area contributed by atoms with Crippen molar-refractivity contribution in [3.8, 4) is 10.7 Å². The molecule has 0 saturated carbocycles. The molecule has 1 amide bonds. The number of ether oxygens (including phenoxy) is 1. The number of rotatable bonds is 5. The number of thiophene rings is 1. The van der Waals surface area contributed by atoms with Crippen molar-refractivity contribution < 1.29 is 18.8 Å². The zero-order valence-electron chi connectivity index (χ0n) is 16.0. The van der Waals surface area contributed by atoms with Gasteiger partial charge in [-0.2, -0.15) is 4.98 Å². The molecule has 1 fully saturated rings. The number of hydrogen-bond donors (Lipinski definition) is 0. The van der Waals surface area contributed by atoms with Crippen LogP contribution in [0.3, 0.4) is 0 Å². The van der Waals surface area contributed by atoms with Crippen molar-refractivity contribution in [1.29, 1.82) is 0 Å². The first kappa shape index (κ1) is 19.3. The van der Waals surface area contributed by atoms with Gasteiger partial charge in [-0.1, -0.05) is 41.6 Å². The van der Waals surface area contributed by atoms with Crippen molar-refractivity contribution >= 4 is 23.2 Å². The monoisotopic (exact) mass is 411 g/mol. The Morgan fingerprint density at radius 1 is 1.17 bits per heavy atom. The summed E-state index contributed by atoms with van der Waals surface area (Å²) in [4.78, 5) is 31.9. The van der Waals surface area contributed by atoms with Gasteiger partial charge in [-0.15, -0.1) is 11.3 Å². The molecule has 3 aromatic rings. The van der Waals surface area contributed by atoms with Crippen molar-refractivity contribution in [3.05, 3.63) is 59.3 Å². The van der Waals surface area contributed by atoms with Gasteiger partial charge in [0.1, 0.15) is 0 Å². The van der Waals surface area contributed by atoms with Crippen LogP contribution in [0.1, 0.15) is 31.2 Å². The summed E-state index contributed by atoms with van der Waals surface area (Å²) in [5.41, 5.74) is 0.113. The number of carbonyl (C=O) groups excluding carboxylic acids is 2. The summed E-state index contributed by atoms with van der Waals surface area (Å²) in [5, 5.41) is 5.88. The molecule has 1 aromatic carbocycles. The molecule has 1 aliphatic heterocycles. The topological polar surface area (TPSA) is 85.5 Å². The van der Waals surface area contributed by atoms with Crippen LogP contribution in [0.4, 0.5) is 0 Å². The van der Waals surface area contributed by atoms with Crippen LogP contribution in [-0.2, 0) is 26.3 Å². The van der Waals surface area contributed by atoms with Gasteiger partial charge in [-0.05, 0) is 29.9 Å². The molecule has 0 bridgehead atoms. The van der Waals surface area contributed by atoms with Gasteiger partial charge in [-0.25, -0.2) is 0 Å². The zero-order chi connectivity index (χ0) is 20.3. The van der Waals surface area contributed by atoms with E-state index >= 15 is 0 Å². The van der Waals surface area contributed by atoms with Crippen LogP contribution in [0, 0.1) is 0 Å². The Bertz CT molecular complexity index is 977. The van der Waals surface area contributed by atoms with E-state index in [9.17, 15) is 9.59 Å². The summed E-state index contributed by atoms with van der Waals surface area (Å²) in [5.74, 6) is 0.430. The van der Waals surface area contributed by atoms with Crippen molar-refractivity contribution in [2.24, 2.45) is 0 Å². The highest BCUT2D eigenvalue weighted by molar-refractivity contribution is 7.13. The molecule has 7 nitrogen and oxygen atoms in total. The molecule has 0 radical (unpaired) electrons. The number of aromatic nitrogens is 2. The number of carbonyl (C=O) groups is 2. The van der Waals surface area contributed by atoms with Gasteiger partial charge in [-0.3, -0.25) is 9.59 Å². The lowest BCUT2D eigenvalue weighted by Crippen LogP contribution is -2.49. The SMILES string of the molecule is CC(=O)N1CCC(C(=O)OCc2nc(-c3cccs3)no2)(c2ccccc2)CC1. The highest BCUT2D eigenvalue weighted by Crippen LogP contribution is 2.37. The summed E-state index contributed by atoms with van der Waals surface area (Å²) in [6.45, 7) is 2.50. The third kappa shape index (κ3) is 3.93. The van der Waals surface area contributed by atoms with E-state index in [-0.39, 0.29) is 24.4 Å². The fourth-order valence-corrected chi connectivity index (χ4v) is 4.31. The average Bonchev–Trinajstić information content (AvgIpc) is 3.44. The highest BCUT2D eigenvalue weighted by Gasteiger charge is 2.44. The van der Waals surface area contributed by atoms with E-state index in [1.807, 2.05) is 47.8 Å². The molecule has 29 heavy (non-hydrogen) atoms. The Kier molecular flexibility index (Phi) is 5.44. The Morgan fingerprint density at radius 2 is 1.93 bits per heavy atom. The fourth-order valence-electron chi connectivity index (χ4n) is 3.66. The second-order valence-electron chi connectivity index (χ2n) is 7.02. The number of piperidine rings is 1. The molecular weight excluding hydrogens is 390 g/mol. The number of likely N-dealkylation sites (tertiary alicyclic amines) is 1. The predicted molar refractivity (Wildman–Crippen MR) is 107 cm³/mol. The number of nitrogens with zero attached hydrogens (tertiary/aromatic N) is 3. The average molecular weight is 411 g/mol. The fraction of sp³-hybridized carbons (Fsp3) is 0.333. The minimum atomic E-state index is -0.788. The molecule has 150 valence electrons. The van der Waals surface area contributed by atoms with Gasteiger partial charge in [0.15, 0.2) is 6.61 Å². The lowest BCUT2D eigenvalue weighted by Gasteiger charge is -2.39. The maximum atomic E-state index is 13.2. The molecule has 3 heterocycles. The number of esters is 1. The van der Waals surface area contributed by atoms with Crippen LogP contribution in [0.2, 0.25) is 0 Å². The minimum absolute atomic E-state index is 0.0204. The van der Waals surface area contributed by atoms with Gasteiger partial charge in [0, 0.05) is 20.0 Å². The molecule has 1 aliphatic rings. The summed E-state index contributed by atoms with van der Waals surface area (Å²) in [7, 11) is 0. The lowest BCUT2D eigenvalue weighted by molar-refractivity contribution is -0.156. The Labute approximate surface area is 172 Å². The summed E-state index contributed by atoms with van der Waals surface area (Å²) in [6.07, 6.45) is 1.03.